The summed E-state index contributed by atoms with van der Waals surface area (Å²) in [6.45, 7) is 9.48. The molecule has 0 bridgehead atoms. The van der Waals surface area contributed by atoms with Crippen LogP contribution in [0.2, 0.25) is 0 Å². The highest BCUT2D eigenvalue weighted by Gasteiger charge is 2.32. The van der Waals surface area contributed by atoms with Crippen LogP contribution < -0.4 is 0 Å². The van der Waals surface area contributed by atoms with Crippen molar-refractivity contribution in [2.24, 2.45) is 0 Å². The van der Waals surface area contributed by atoms with Crippen molar-refractivity contribution in [3.63, 3.8) is 0 Å². The molecular weight excluding hydrogens is 710 g/mol. The fraction of sp³-hybridized carbons (Fsp3) is 0.415. The number of halogens is 6. The number of hydrogen-bond acceptors (Lipinski definition) is 6. The standard InChI is InChI=1S/C41H48F6N4O3/c1-30-10-5-11-31(22-30)25-49(19-20-51(18-9-21-52)38(53)54-39(2,3)4)28-36-16-8-17-37(48-36)29-50(26-32-12-6-14-34(23-32)40(42,43)44)27-33-13-7-15-35(24-33)41(45,46)47/h5-8,10-17,22-24,52H,9,18-21,25-29H2,1-4H3. The van der Waals surface area contributed by atoms with Gasteiger partial charge < -0.3 is 14.7 Å². The van der Waals surface area contributed by atoms with E-state index in [-0.39, 0.29) is 26.2 Å². The molecule has 3 aromatic carbocycles. The van der Waals surface area contributed by atoms with Gasteiger partial charge in [0.15, 0.2) is 0 Å². The van der Waals surface area contributed by atoms with Gasteiger partial charge in [0, 0.05) is 59.0 Å². The molecular formula is C41H48F6N4O3. The predicted molar refractivity (Wildman–Crippen MR) is 195 cm³/mol. The molecule has 1 aromatic heterocycles. The molecule has 292 valence electrons. The second-order valence-electron chi connectivity index (χ2n) is 14.4. The zero-order valence-corrected chi connectivity index (χ0v) is 31.1. The number of alkyl halides is 6. The van der Waals surface area contributed by atoms with Crippen molar-refractivity contribution in [3.05, 3.63) is 136 Å². The Labute approximate surface area is 313 Å². The topological polar surface area (TPSA) is 69.1 Å². The van der Waals surface area contributed by atoms with Crippen LogP contribution in [0.1, 0.15) is 72.0 Å². The summed E-state index contributed by atoms with van der Waals surface area (Å²) in [5.74, 6) is 0. The molecule has 4 aromatic rings. The van der Waals surface area contributed by atoms with Crippen molar-refractivity contribution in [3.8, 4) is 0 Å². The number of aryl methyl sites for hydroxylation is 1. The number of aromatic nitrogens is 1. The van der Waals surface area contributed by atoms with E-state index in [0.29, 0.717) is 61.7 Å². The fourth-order valence-electron chi connectivity index (χ4n) is 5.97. The van der Waals surface area contributed by atoms with Gasteiger partial charge in [0.1, 0.15) is 5.60 Å². The van der Waals surface area contributed by atoms with Gasteiger partial charge in [-0.1, -0.05) is 72.3 Å². The largest absolute Gasteiger partial charge is 0.444 e. The molecule has 0 aliphatic heterocycles. The molecule has 4 rings (SSSR count). The normalized spacial score (nSPS) is 12.4. The Balaban J connectivity index is 1.60. The Morgan fingerprint density at radius 1 is 0.648 bits per heavy atom. The molecule has 1 heterocycles. The second-order valence-corrected chi connectivity index (χ2v) is 14.4. The maximum Gasteiger partial charge on any atom is 0.416 e. The van der Waals surface area contributed by atoms with E-state index in [9.17, 15) is 36.2 Å². The summed E-state index contributed by atoms with van der Waals surface area (Å²) >= 11 is 0. The minimum atomic E-state index is -4.55. The minimum absolute atomic E-state index is 0.0277. The maximum absolute atomic E-state index is 13.5. The zero-order chi connectivity index (χ0) is 39.5. The SMILES string of the molecule is Cc1cccc(CN(CCN(CCCO)C(=O)OC(C)(C)C)Cc2cccc(CN(Cc3cccc(C(F)(F)F)c3)Cc3cccc(C(F)(F)F)c3)n2)c1. The van der Waals surface area contributed by atoms with Crippen LogP contribution in [0.3, 0.4) is 0 Å². The minimum Gasteiger partial charge on any atom is -0.444 e. The van der Waals surface area contributed by atoms with Gasteiger partial charge in [-0.25, -0.2) is 4.79 Å². The van der Waals surface area contributed by atoms with E-state index in [1.165, 1.54) is 12.1 Å². The first kappa shape index (κ1) is 42.3. The first-order chi connectivity index (χ1) is 25.4. The number of aliphatic hydroxyl groups excluding tert-OH is 1. The summed E-state index contributed by atoms with van der Waals surface area (Å²) in [5.41, 5.74) is 1.81. The lowest BCUT2D eigenvalue weighted by Crippen LogP contribution is -2.42. The molecule has 0 aliphatic carbocycles. The highest BCUT2D eigenvalue weighted by Crippen LogP contribution is 2.31. The van der Waals surface area contributed by atoms with E-state index in [4.69, 9.17) is 9.72 Å². The molecule has 0 saturated carbocycles. The molecule has 54 heavy (non-hydrogen) atoms. The lowest BCUT2D eigenvalue weighted by atomic mass is 10.1. The van der Waals surface area contributed by atoms with E-state index in [0.717, 1.165) is 35.4 Å². The highest BCUT2D eigenvalue weighted by molar-refractivity contribution is 5.68. The Hall–Kier alpha value is -4.46. The lowest BCUT2D eigenvalue weighted by Gasteiger charge is -2.30. The predicted octanol–water partition coefficient (Wildman–Crippen LogP) is 9.25. The van der Waals surface area contributed by atoms with Crippen molar-refractivity contribution < 1.29 is 41.0 Å². The van der Waals surface area contributed by atoms with Crippen molar-refractivity contribution in [2.75, 3.05) is 26.2 Å². The quantitative estimate of drug-likeness (QED) is 0.115. The molecule has 0 saturated heterocycles. The molecule has 0 radical (unpaired) electrons. The van der Waals surface area contributed by atoms with E-state index in [1.807, 2.05) is 37.3 Å². The van der Waals surface area contributed by atoms with Crippen LogP contribution in [0, 0.1) is 6.92 Å². The molecule has 1 amide bonds. The van der Waals surface area contributed by atoms with Gasteiger partial charge in [-0.05, 0) is 75.1 Å². The third-order valence-corrected chi connectivity index (χ3v) is 8.37. The van der Waals surface area contributed by atoms with Gasteiger partial charge in [0.05, 0.1) is 22.5 Å². The van der Waals surface area contributed by atoms with E-state index in [2.05, 4.69) is 11.0 Å². The summed E-state index contributed by atoms with van der Waals surface area (Å²) in [6, 6.07) is 23.3. The van der Waals surface area contributed by atoms with Crippen molar-refractivity contribution in [1.82, 2.24) is 19.7 Å². The van der Waals surface area contributed by atoms with E-state index >= 15 is 0 Å². The molecule has 7 nitrogen and oxygen atoms in total. The van der Waals surface area contributed by atoms with Crippen molar-refractivity contribution in [2.45, 2.75) is 84.8 Å². The monoisotopic (exact) mass is 758 g/mol. The molecule has 0 unspecified atom stereocenters. The lowest BCUT2D eigenvalue weighted by molar-refractivity contribution is -0.138. The average molecular weight is 759 g/mol. The third kappa shape index (κ3) is 14.1. The van der Waals surface area contributed by atoms with Gasteiger partial charge in [0.25, 0.3) is 0 Å². The molecule has 1 N–H and O–H groups in total. The first-order valence-electron chi connectivity index (χ1n) is 17.7. The fourth-order valence-corrected chi connectivity index (χ4v) is 5.97. The summed E-state index contributed by atoms with van der Waals surface area (Å²) in [7, 11) is 0. The highest BCUT2D eigenvalue weighted by atomic mass is 19.4. The molecule has 0 atom stereocenters. The van der Waals surface area contributed by atoms with Crippen LogP contribution in [-0.4, -0.2) is 62.7 Å². The maximum atomic E-state index is 13.5. The van der Waals surface area contributed by atoms with Crippen LogP contribution in [0.4, 0.5) is 31.1 Å². The Morgan fingerprint density at radius 3 is 1.63 bits per heavy atom. The summed E-state index contributed by atoms with van der Waals surface area (Å²) in [6.07, 6.45) is -9.19. The molecule has 13 heteroatoms. The number of carbonyl (C=O) groups excluding carboxylic acids is 1. The van der Waals surface area contributed by atoms with Crippen LogP contribution in [0.5, 0.6) is 0 Å². The van der Waals surface area contributed by atoms with Gasteiger partial charge in [-0.2, -0.15) is 26.3 Å². The molecule has 0 spiro atoms. The Bertz CT molecular complexity index is 1750. The number of ether oxygens (including phenoxy) is 1. The number of benzene rings is 3. The third-order valence-electron chi connectivity index (χ3n) is 8.37. The molecule has 0 fully saturated rings. The zero-order valence-electron chi connectivity index (χ0n) is 31.1. The van der Waals surface area contributed by atoms with Crippen LogP contribution in [0.15, 0.2) is 91.0 Å². The van der Waals surface area contributed by atoms with Gasteiger partial charge in [-0.15, -0.1) is 0 Å². The van der Waals surface area contributed by atoms with Gasteiger partial charge >= 0.3 is 18.4 Å². The van der Waals surface area contributed by atoms with Crippen LogP contribution in [-0.2, 0) is 49.8 Å². The number of hydrogen-bond donors (Lipinski definition) is 1. The summed E-state index contributed by atoms with van der Waals surface area (Å²) in [4.78, 5) is 23.4. The number of aliphatic hydroxyl groups is 1. The number of nitrogens with zero attached hydrogens (tertiary/aromatic N) is 4. The Morgan fingerprint density at radius 2 is 1.13 bits per heavy atom. The molecule has 0 aliphatic rings. The second kappa shape index (κ2) is 18.7. The first-order valence-corrected chi connectivity index (χ1v) is 17.7. The average Bonchev–Trinajstić information content (AvgIpc) is 3.07. The van der Waals surface area contributed by atoms with E-state index in [1.54, 1.807) is 48.8 Å². The van der Waals surface area contributed by atoms with Crippen LogP contribution >= 0.6 is 0 Å². The van der Waals surface area contributed by atoms with Crippen molar-refractivity contribution in [1.29, 1.82) is 0 Å². The Kier molecular flexibility index (Phi) is 14.7. The van der Waals surface area contributed by atoms with Crippen molar-refractivity contribution >= 4 is 6.09 Å². The number of carbonyl (C=O) groups is 1. The summed E-state index contributed by atoms with van der Waals surface area (Å²) in [5, 5.41) is 9.47. The number of rotatable bonds is 16. The number of amides is 1. The van der Waals surface area contributed by atoms with Crippen LogP contribution in [0.25, 0.3) is 0 Å². The van der Waals surface area contributed by atoms with Gasteiger partial charge in [0.2, 0.25) is 0 Å². The summed E-state index contributed by atoms with van der Waals surface area (Å²) < 4.78 is 86.9. The van der Waals surface area contributed by atoms with Gasteiger partial charge in [-0.3, -0.25) is 14.8 Å². The van der Waals surface area contributed by atoms with E-state index < -0.39 is 35.2 Å². The number of pyridine rings is 1. The smallest absolute Gasteiger partial charge is 0.416 e.